The molecule has 4 aromatic rings. The highest BCUT2D eigenvalue weighted by Crippen LogP contribution is 2.27. The maximum Gasteiger partial charge on any atom is 0.257 e. The molecule has 9 heteroatoms. The van der Waals surface area contributed by atoms with Crippen LogP contribution in [0.25, 0.3) is 16.4 Å². The number of carbonyl (C=O) groups is 1. The van der Waals surface area contributed by atoms with E-state index in [9.17, 15) is 4.79 Å². The van der Waals surface area contributed by atoms with Crippen LogP contribution in [0.3, 0.4) is 0 Å². The van der Waals surface area contributed by atoms with Crippen LogP contribution < -0.4 is 4.90 Å². The first-order chi connectivity index (χ1) is 12.8. The summed E-state index contributed by atoms with van der Waals surface area (Å²) in [5.41, 5.74) is 1.22. The minimum atomic E-state index is -0.00727. The predicted molar refractivity (Wildman–Crippen MR) is 92.9 cm³/mol. The number of piperazine rings is 1. The van der Waals surface area contributed by atoms with E-state index in [1.165, 1.54) is 17.2 Å². The zero-order valence-corrected chi connectivity index (χ0v) is 13.8. The molecule has 0 N–H and O–H groups in total. The van der Waals surface area contributed by atoms with Gasteiger partial charge in [-0.3, -0.25) is 4.79 Å². The van der Waals surface area contributed by atoms with Crippen molar-refractivity contribution in [2.75, 3.05) is 31.1 Å². The number of nitrogens with zero attached hydrogens (tertiary/aromatic N) is 7. The van der Waals surface area contributed by atoms with Crippen LogP contribution >= 0.6 is 0 Å². The van der Waals surface area contributed by atoms with Gasteiger partial charge in [-0.1, -0.05) is 24.3 Å². The molecule has 0 unspecified atom stereocenters. The third-order valence-corrected chi connectivity index (χ3v) is 4.69. The molecule has 0 radical (unpaired) electrons. The van der Waals surface area contributed by atoms with Crippen molar-refractivity contribution in [1.29, 1.82) is 0 Å². The van der Waals surface area contributed by atoms with E-state index in [-0.39, 0.29) is 5.91 Å². The van der Waals surface area contributed by atoms with Crippen molar-refractivity contribution in [1.82, 2.24) is 30.2 Å². The van der Waals surface area contributed by atoms with Crippen molar-refractivity contribution in [3.63, 3.8) is 0 Å². The molecule has 1 amide bonds. The lowest BCUT2D eigenvalue weighted by Gasteiger charge is -2.35. The highest BCUT2D eigenvalue weighted by atomic mass is 16.3. The van der Waals surface area contributed by atoms with Crippen molar-refractivity contribution in [3.8, 4) is 0 Å². The summed E-state index contributed by atoms with van der Waals surface area (Å²) in [6, 6.07) is 9.64. The summed E-state index contributed by atoms with van der Waals surface area (Å²) in [4.78, 5) is 16.5. The average molecular weight is 349 g/mol. The third-order valence-electron chi connectivity index (χ3n) is 4.69. The lowest BCUT2D eigenvalue weighted by molar-refractivity contribution is 0.0746. The van der Waals surface area contributed by atoms with E-state index >= 15 is 0 Å². The SMILES string of the molecule is O=C(c1ccoc1)N1CCN(c2nn3nnnc3c3ccccc23)CC1. The summed E-state index contributed by atoms with van der Waals surface area (Å²) < 4.78 is 6.47. The summed E-state index contributed by atoms with van der Waals surface area (Å²) >= 11 is 0. The Bertz CT molecular complexity index is 1080. The molecule has 1 aromatic carbocycles. The van der Waals surface area contributed by atoms with E-state index < -0.39 is 0 Å². The van der Waals surface area contributed by atoms with Gasteiger partial charge < -0.3 is 14.2 Å². The van der Waals surface area contributed by atoms with Crippen LogP contribution in [0, 0.1) is 0 Å². The predicted octanol–water partition coefficient (Wildman–Crippen LogP) is 1.23. The van der Waals surface area contributed by atoms with Crippen LogP contribution in [-0.4, -0.2) is 62.2 Å². The van der Waals surface area contributed by atoms with Gasteiger partial charge in [0.15, 0.2) is 5.82 Å². The monoisotopic (exact) mass is 349 g/mol. The van der Waals surface area contributed by atoms with Gasteiger partial charge in [-0.05, 0) is 16.5 Å². The molecule has 4 heterocycles. The summed E-state index contributed by atoms with van der Waals surface area (Å²) in [5.74, 6) is 0.822. The van der Waals surface area contributed by atoms with Crippen LogP contribution in [0.2, 0.25) is 0 Å². The smallest absolute Gasteiger partial charge is 0.257 e. The Kier molecular flexibility index (Phi) is 3.30. The number of fused-ring (bicyclic) bond motifs is 3. The first-order valence-corrected chi connectivity index (χ1v) is 8.35. The topological polar surface area (TPSA) is 92.7 Å². The fourth-order valence-electron chi connectivity index (χ4n) is 3.35. The molecule has 130 valence electrons. The molecule has 26 heavy (non-hydrogen) atoms. The number of tetrazole rings is 1. The van der Waals surface area contributed by atoms with E-state index in [1.54, 1.807) is 6.07 Å². The second kappa shape index (κ2) is 5.80. The van der Waals surface area contributed by atoms with Gasteiger partial charge in [0.25, 0.3) is 5.91 Å². The molecular formula is C17H15N7O2. The number of benzene rings is 1. The molecule has 5 rings (SSSR count). The van der Waals surface area contributed by atoms with Crippen LogP contribution in [0.5, 0.6) is 0 Å². The minimum absolute atomic E-state index is 0.00727. The molecule has 1 fully saturated rings. The molecule has 0 atom stereocenters. The van der Waals surface area contributed by atoms with Crippen molar-refractivity contribution >= 4 is 28.1 Å². The Morgan fingerprint density at radius 2 is 1.85 bits per heavy atom. The number of furan rings is 1. The van der Waals surface area contributed by atoms with Crippen molar-refractivity contribution < 1.29 is 9.21 Å². The van der Waals surface area contributed by atoms with Crippen LogP contribution in [0.15, 0.2) is 47.3 Å². The second-order valence-electron chi connectivity index (χ2n) is 6.15. The zero-order valence-electron chi connectivity index (χ0n) is 13.8. The maximum atomic E-state index is 12.5. The fraction of sp³-hybridized carbons (Fsp3) is 0.235. The largest absolute Gasteiger partial charge is 0.472 e. The maximum absolute atomic E-state index is 12.5. The number of rotatable bonds is 2. The molecule has 1 aliphatic rings. The number of amides is 1. The van der Waals surface area contributed by atoms with Crippen molar-refractivity contribution in [2.45, 2.75) is 0 Å². The molecule has 9 nitrogen and oxygen atoms in total. The van der Waals surface area contributed by atoms with Gasteiger partial charge in [0, 0.05) is 37.0 Å². The molecule has 3 aromatic heterocycles. The normalized spacial score (nSPS) is 15.1. The van der Waals surface area contributed by atoms with Gasteiger partial charge in [0.2, 0.25) is 5.65 Å². The lowest BCUT2D eigenvalue weighted by Crippen LogP contribution is -2.49. The first-order valence-electron chi connectivity index (χ1n) is 8.35. The van der Waals surface area contributed by atoms with E-state index in [4.69, 9.17) is 4.42 Å². The highest BCUT2D eigenvalue weighted by Gasteiger charge is 2.25. The number of hydrogen-bond acceptors (Lipinski definition) is 7. The van der Waals surface area contributed by atoms with E-state index in [0.29, 0.717) is 37.4 Å². The number of anilines is 1. The van der Waals surface area contributed by atoms with Gasteiger partial charge in [-0.2, -0.15) is 0 Å². The van der Waals surface area contributed by atoms with Crippen molar-refractivity contribution in [3.05, 3.63) is 48.4 Å². The molecule has 1 saturated heterocycles. The van der Waals surface area contributed by atoms with Gasteiger partial charge >= 0.3 is 0 Å². The highest BCUT2D eigenvalue weighted by molar-refractivity contribution is 6.00. The Morgan fingerprint density at radius 1 is 1.04 bits per heavy atom. The van der Waals surface area contributed by atoms with E-state index in [0.717, 1.165) is 16.6 Å². The van der Waals surface area contributed by atoms with Crippen LogP contribution in [-0.2, 0) is 0 Å². The fourth-order valence-corrected chi connectivity index (χ4v) is 3.35. The van der Waals surface area contributed by atoms with Gasteiger partial charge in [-0.25, -0.2) is 0 Å². The Hall–Kier alpha value is -3.49. The summed E-state index contributed by atoms with van der Waals surface area (Å²) in [7, 11) is 0. The van der Waals surface area contributed by atoms with Crippen LogP contribution in [0.1, 0.15) is 10.4 Å². The standard InChI is InChI=1S/C17H15N7O2/c25-17(12-5-10-26-11-12)23-8-6-22(7-9-23)16-14-4-2-1-3-13(14)15-18-20-21-24(15)19-16/h1-5,10-11H,6-9H2. The van der Waals surface area contributed by atoms with E-state index in [2.05, 4.69) is 25.5 Å². The molecule has 0 bridgehead atoms. The average Bonchev–Trinajstić information content (AvgIpc) is 3.39. The molecular weight excluding hydrogens is 334 g/mol. The summed E-state index contributed by atoms with van der Waals surface area (Å²) in [5, 5.41) is 18.3. The minimum Gasteiger partial charge on any atom is -0.472 e. The zero-order chi connectivity index (χ0) is 17.5. The number of carbonyl (C=O) groups excluding carboxylic acids is 1. The quantitative estimate of drug-likeness (QED) is 0.537. The van der Waals surface area contributed by atoms with Gasteiger partial charge in [0.1, 0.15) is 6.26 Å². The number of hydrogen-bond donors (Lipinski definition) is 0. The van der Waals surface area contributed by atoms with Gasteiger partial charge in [0.05, 0.1) is 11.8 Å². The third kappa shape index (κ3) is 2.28. The summed E-state index contributed by atoms with van der Waals surface area (Å²) in [6.45, 7) is 2.61. The molecule has 0 spiro atoms. The lowest BCUT2D eigenvalue weighted by atomic mass is 10.1. The molecule has 0 aliphatic carbocycles. The Morgan fingerprint density at radius 3 is 2.62 bits per heavy atom. The second-order valence-corrected chi connectivity index (χ2v) is 6.15. The van der Waals surface area contributed by atoms with Crippen molar-refractivity contribution in [2.24, 2.45) is 0 Å². The molecule has 1 aliphatic heterocycles. The van der Waals surface area contributed by atoms with E-state index in [1.807, 2.05) is 29.2 Å². The first kappa shape index (κ1) is 14.8. The Balaban J connectivity index is 1.45. The Labute approximate surface area is 147 Å². The summed E-state index contributed by atoms with van der Waals surface area (Å²) in [6.07, 6.45) is 3.00. The van der Waals surface area contributed by atoms with Gasteiger partial charge in [-0.15, -0.1) is 14.8 Å². The van der Waals surface area contributed by atoms with Crippen LogP contribution in [0.4, 0.5) is 5.82 Å². The molecule has 0 saturated carbocycles. The number of aromatic nitrogens is 5.